The lowest BCUT2D eigenvalue weighted by atomic mass is 10.0. The average Bonchev–Trinajstić information content (AvgIpc) is 3.09. The molecule has 2 aliphatic rings. The number of anilines is 1. The molecule has 1 fully saturated rings. The Morgan fingerprint density at radius 3 is 2.76 bits per heavy atom. The number of carboxylic acids is 1. The summed E-state index contributed by atoms with van der Waals surface area (Å²) in [7, 11) is 0. The van der Waals surface area contributed by atoms with E-state index in [9.17, 15) is 24.3 Å². The number of carbonyl (C=O) groups excluding carboxylic acids is 3. The number of aromatic nitrogens is 1. The molecule has 2 atom stereocenters. The Hall–Kier alpha value is -3.13. The van der Waals surface area contributed by atoms with Gasteiger partial charge in [0.2, 0.25) is 0 Å². The minimum absolute atomic E-state index is 0.0437. The Bertz CT molecular complexity index is 957. The van der Waals surface area contributed by atoms with Gasteiger partial charge in [0, 0.05) is 23.6 Å². The quantitative estimate of drug-likeness (QED) is 0.143. The number of carboxylic acid groups (broad SMARTS) is 1. The van der Waals surface area contributed by atoms with Gasteiger partial charge in [0.25, 0.3) is 11.8 Å². The molecule has 0 aromatic carbocycles. The number of hydrogen-bond acceptors (Lipinski definition) is 11. The molecule has 154 valence electrons. The number of esters is 1. The zero-order valence-corrected chi connectivity index (χ0v) is 16.5. The Balaban J connectivity index is 1.76. The van der Waals surface area contributed by atoms with E-state index >= 15 is 0 Å². The van der Waals surface area contributed by atoms with Crippen LogP contribution in [0.2, 0.25) is 0 Å². The third-order valence-corrected chi connectivity index (χ3v) is 6.08. The SMILES string of the molecule is CC(=O)OCC1=C(C(=O)O)N2C(=O)[C@@H](NC(=O)/C(=N\O)c3csc(N)n3)[C@@H]2SC1. The first-order chi connectivity index (χ1) is 13.7. The highest BCUT2D eigenvalue weighted by molar-refractivity contribution is 8.00. The predicted octanol–water partition coefficient (Wildman–Crippen LogP) is -0.795. The Morgan fingerprint density at radius 2 is 2.21 bits per heavy atom. The van der Waals surface area contributed by atoms with Crippen molar-refractivity contribution < 1.29 is 34.2 Å². The number of thioether (sulfide) groups is 1. The van der Waals surface area contributed by atoms with E-state index in [0.29, 0.717) is 0 Å². The Labute approximate surface area is 171 Å². The molecule has 0 spiro atoms. The van der Waals surface area contributed by atoms with E-state index in [2.05, 4.69) is 15.5 Å². The molecule has 29 heavy (non-hydrogen) atoms. The maximum atomic E-state index is 12.5. The number of nitrogens with zero attached hydrogens (tertiary/aromatic N) is 3. The number of nitrogens with two attached hydrogens (primary N) is 1. The molecule has 2 aliphatic heterocycles. The molecule has 3 rings (SSSR count). The summed E-state index contributed by atoms with van der Waals surface area (Å²) in [6.45, 7) is 0.945. The first kappa shape index (κ1) is 20.6. The van der Waals surface area contributed by atoms with Crippen molar-refractivity contribution in [3.05, 3.63) is 22.3 Å². The van der Waals surface area contributed by atoms with E-state index in [1.807, 2.05) is 0 Å². The lowest BCUT2D eigenvalue weighted by molar-refractivity contribution is -0.150. The lowest BCUT2D eigenvalue weighted by Gasteiger charge is -2.49. The first-order valence-electron chi connectivity index (χ1n) is 8.02. The van der Waals surface area contributed by atoms with Gasteiger partial charge in [-0.05, 0) is 0 Å². The summed E-state index contributed by atoms with van der Waals surface area (Å²) in [6, 6.07) is -1.02. The molecule has 0 unspecified atom stereocenters. The third-order valence-electron chi connectivity index (χ3n) is 4.07. The van der Waals surface area contributed by atoms with Gasteiger partial charge in [-0.1, -0.05) is 5.16 Å². The Kier molecular flexibility index (Phi) is 5.74. The second kappa shape index (κ2) is 8.08. The van der Waals surface area contributed by atoms with E-state index in [1.54, 1.807) is 0 Å². The minimum atomic E-state index is -1.34. The van der Waals surface area contributed by atoms with Crippen LogP contribution in [0.25, 0.3) is 0 Å². The molecule has 0 radical (unpaired) electrons. The topological polar surface area (TPSA) is 185 Å². The van der Waals surface area contributed by atoms with Gasteiger partial charge in [-0.25, -0.2) is 9.78 Å². The smallest absolute Gasteiger partial charge is 0.352 e. The van der Waals surface area contributed by atoms with Gasteiger partial charge in [0.15, 0.2) is 10.8 Å². The molecule has 0 aliphatic carbocycles. The molecule has 1 aromatic heterocycles. The molecular weight excluding hydrogens is 426 g/mol. The van der Waals surface area contributed by atoms with Crippen molar-refractivity contribution in [1.82, 2.24) is 15.2 Å². The summed E-state index contributed by atoms with van der Waals surface area (Å²) in [4.78, 5) is 52.5. The number of ether oxygens (including phenoxy) is 1. The van der Waals surface area contributed by atoms with Crippen LogP contribution in [0.15, 0.2) is 21.8 Å². The maximum Gasteiger partial charge on any atom is 0.352 e. The summed E-state index contributed by atoms with van der Waals surface area (Å²) in [5, 5.41) is 24.9. The summed E-state index contributed by atoms with van der Waals surface area (Å²) in [5.41, 5.74) is 5.13. The van der Waals surface area contributed by atoms with Gasteiger partial charge in [-0.3, -0.25) is 19.3 Å². The minimum Gasteiger partial charge on any atom is -0.477 e. The van der Waals surface area contributed by atoms with Gasteiger partial charge in [0.1, 0.15) is 29.4 Å². The highest BCUT2D eigenvalue weighted by Crippen LogP contribution is 2.40. The van der Waals surface area contributed by atoms with Crippen molar-refractivity contribution in [3.63, 3.8) is 0 Å². The number of carbonyl (C=O) groups is 4. The van der Waals surface area contributed by atoms with Crippen molar-refractivity contribution in [3.8, 4) is 0 Å². The first-order valence-corrected chi connectivity index (χ1v) is 9.95. The molecule has 14 heteroatoms. The van der Waals surface area contributed by atoms with Crippen LogP contribution < -0.4 is 11.1 Å². The maximum absolute atomic E-state index is 12.5. The number of hydrogen-bond donors (Lipinski definition) is 4. The predicted molar refractivity (Wildman–Crippen MR) is 101 cm³/mol. The molecule has 12 nitrogen and oxygen atoms in total. The fraction of sp³-hybridized carbons (Fsp3) is 0.333. The zero-order valence-electron chi connectivity index (χ0n) is 14.8. The number of β-lactam (4-membered cyclic amide) rings is 1. The molecule has 0 bridgehead atoms. The summed E-state index contributed by atoms with van der Waals surface area (Å²) >= 11 is 2.25. The molecule has 2 amide bonds. The number of nitrogens with one attached hydrogen (secondary N) is 1. The van der Waals surface area contributed by atoms with Crippen LogP contribution in [0.5, 0.6) is 0 Å². The van der Waals surface area contributed by atoms with Crippen LogP contribution in [0.1, 0.15) is 12.6 Å². The van der Waals surface area contributed by atoms with Gasteiger partial charge in [-0.15, -0.1) is 23.1 Å². The van der Waals surface area contributed by atoms with Crippen molar-refractivity contribution in [2.75, 3.05) is 18.1 Å². The zero-order chi connectivity index (χ0) is 21.3. The van der Waals surface area contributed by atoms with Crippen molar-refractivity contribution >= 4 is 57.7 Å². The third kappa shape index (κ3) is 3.88. The second-order valence-electron chi connectivity index (χ2n) is 5.92. The number of nitrogen functional groups attached to an aromatic ring is 1. The van der Waals surface area contributed by atoms with Crippen LogP contribution in [-0.2, 0) is 23.9 Å². The standard InChI is InChI=1S/C15H15N5O7S2/c1-5(21)27-2-6-3-28-13-9(12(23)20(13)10(6)14(24)25)18-11(22)8(19-26)7-4-29-15(16)17-7/h4,9,13,26H,2-3H2,1H3,(H2,16,17)(H,18,22)(H,24,25)/b19-8-/t9-,13+/m1/s1. The molecule has 5 N–H and O–H groups in total. The van der Waals surface area contributed by atoms with E-state index < -0.39 is 40.9 Å². The van der Waals surface area contributed by atoms with Gasteiger partial charge < -0.3 is 26.1 Å². The number of oxime groups is 1. The number of aliphatic carboxylic acids is 1. The monoisotopic (exact) mass is 441 g/mol. The average molecular weight is 441 g/mol. The van der Waals surface area contributed by atoms with Gasteiger partial charge >= 0.3 is 11.9 Å². The van der Waals surface area contributed by atoms with Crippen molar-refractivity contribution in [2.45, 2.75) is 18.3 Å². The normalized spacial score (nSPS) is 21.3. The highest BCUT2D eigenvalue weighted by atomic mass is 32.2. The van der Waals surface area contributed by atoms with Crippen molar-refractivity contribution in [2.24, 2.45) is 5.16 Å². The summed E-state index contributed by atoms with van der Waals surface area (Å²) < 4.78 is 4.85. The molecule has 1 saturated heterocycles. The van der Waals surface area contributed by atoms with Gasteiger partial charge in [-0.2, -0.15) is 0 Å². The number of thiazole rings is 1. The number of rotatable bonds is 6. The fourth-order valence-electron chi connectivity index (χ4n) is 2.80. The van der Waals surface area contributed by atoms with Crippen LogP contribution in [0.3, 0.4) is 0 Å². The van der Waals surface area contributed by atoms with Crippen LogP contribution in [-0.4, -0.2) is 73.4 Å². The van der Waals surface area contributed by atoms with Gasteiger partial charge in [0.05, 0.1) is 0 Å². The van der Waals surface area contributed by atoms with E-state index in [1.165, 1.54) is 24.1 Å². The van der Waals surface area contributed by atoms with E-state index in [0.717, 1.165) is 16.2 Å². The Morgan fingerprint density at radius 1 is 1.48 bits per heavy atom. The molecule has 1 aromatic rings. The fourth-order valence-corrected chi connectivity index (χ4v) is 4.68. The second-order valence-corrected chi connectivity index (χ2v) is 7.91. The molecule has 3 heterocycles. The lowest BCUT2D eigenvalue weighted by Crippen LogP contribution is -2.71. The number of amides is 2. The van der Waals surface area contributed by atoms with Crippen LogP contribution in [0, 0.1) is 0 Å². The van der Waals surface area contributed by atoms with Crippen LogP contribution >= 0.6 is 23.1 Å². The largest absolute Gasteiger partial charge is 0.477 e. The molecular formula is C15H15N5O7S2. The summed E-state index contributed by atoms with van der Waals surface area (Å²) in [5.74, 6) is -3.23. The summed E-state index contributed by atoms with van der Waals surface area (Å²) in [6.07, 6.45) is 0. The van der Waals surface area contributed by atoms with Crippen LogP contribution in [0.4, 0.5) is 5.13 Å². The van der Waals surface area contributed by atoms with E-state index in [4.69, 9.17) is 15.7 Å². The van der Waals surface area contributed by atoms with Crippen molar-refractivity contribution in [1.29, 1.82) is 0 Å². The number of fused-ring (bicyclic) bond motifs is 1. The molecule has 0 saturated carbocycles. The van der Waals surface area contributed by atoms with E-state index in [-0.39, 0.29) is 34.5 Å². The highest BCUT2D eigenvalue weighted by Gasteiger charge is 2.54.